The van der Waals surface area contributed by atoms with E-state index >= 15 is 0 Å². The van der Waals surface area contributed by atoms with Crippen LogP contribution in [-0.2, 0) is 25.2 Å². The second-order valence-electron chi connectivity index (χ2n) is 8.23. The molecule has 0 fully saturated rings. The quantitative estimate of drug-likeness (QED) is 0.297. The molecular weight excluding hydrogens is 496 g/mol. The largest absolute Gasteiger partial charge is 0.506 e. The predicted molar refractivity (Wildman–Crippen MR) is 135 cm³/mol. The fourth-order valence-corrected chi connectivity index (χ4v) is 6.12. The molecule has 2 aromatic rings. The first kappa shape index (κ1) is 25.2. The molecule has 0 aromatic heterocycles. The van der Waals surface area contributed by atoms with E-state index in [0.717, 1.165) is 6.26 Å². The van der Waals surface area contributed by atoms with Crippen LogP contribution in [0.3, 0.4) is 0 Å². The van der Waals surface area contributed by atoms with Crippen LogP contribution in [0.1, 0.15) is 30.9 Å². The minimum atomic E-state index is -3.86. The first-order valence-electron chi connectivity index (χ1n) is 10.6. The molecule has 1 heterocycles. The lowest BCUT2D eigenvalue weighted by Crippen LogP contribution is -2.53. The van der Waals surface area contributed by atoms with Gasteiger partial charge in [-0.3, -0.25) is 18.6 Å². The third-order valence-corrected chi connectivity index (χ3v) is 7.65. The topological polar surface area (TPSA) is 170 Å². The number of fused-ring (bicyclic) bond motifs is 2. The summed E-state index contributed by atoms with van der Waals surface area (Å²) in [7, 11) is -6.08. The minimum Gasteiger partial charge on any atom is -0.506 e. The summed E-state index contributed by atoms with van der Waals surface area (Å²) in [5.41, 5.74) is 2.43. The monoisotopic (exact) mass is 522 g/mol. The number of aliphatic hydroxyl groups excluding tert-OH is 1. The summed E-state index contributed by atoms with van der Waals surface area (Å²) < 4.78 is 51.1. The van der Waals surface area contributed by atoms with E-state index in [1.165, 1.54) is 25.3 Å². The SMILES string of the molecule is CCCC1(NOC)C(=O)C(C2=NS(O)(O)c3cc(NS(C)(=O)=O)ccc3N2)=C(O)c2ccccc21. The van der Waals surface area contributed by atoms with Gasteiger partial charge >= 0.3 is 0 Å². The average Bonchev–Trinajstić information content (AvgIpc) is 2.77. The highest BCUT2D eigenvalue weighted by Crippen LogP contribution is 2.57. The Balaban J connectivity index is 1.87. The number of aliphatic hydroxyl groups is 1. The van der Waals surface area contributed by atoms with Crippen LogP contribution in [0.5, 0.6) is 0 Å². The minimum absolute atomic E-state index is 0.0616. The van der Waals surface area contributed by atoms with Gasteiger partial charge in [0.15, 0.2) is 11.6 Å². The number of benzene rings is 2. The molecule has 6 N–H and O–H groups in total. The number of anilines is 2. The molecule has 1 unspecified atom stereocenters. The third kappa shape index (κ3) is 4.42. The van der Waals surface area contributed by atoms with Crippen LogP contribution in [0.25, 0.3) is 5.76 Å². The Labute approximate surface area is 204 Å². The molecule has 35 heavy (non-hydrogen) atoms. The number of nitrogens with one attached hydrogen (secondary N) is 3. The molecule has 1 aliphatic heterocycles. The second kappa shape index (κ2) is 8.93. The summed E-state index contributed by atoms with van der Waals surface area (Å²) in [5.74, 6) is -1.15. The van der Waals surface area contributed by atoms with E-state index in [0.29, 0.717) is 24.0 Å². The highest BCUT2D eigenvalue weighted by atomic mass is 32.3. The molecule has 2 aliphatic rings. The molecule has 0 bridgehead atoms. The Morgan fingerprint density at radius 1 is 1.20 bits per heavy atom. The number of nitrogens with zero attached hydrogens (tertiary/aromatic N) is 1. The maximum Gasteiger partial charge on any atom is 0.229 e. The zero-order valence-corrected chi connectivity index (χ0v) is 20.8. The standard InChI is InChI=1S/C22H26N4O7S2/c1-4-11-22(26-33-2)15-8-6-5-7-14(15)19(27)18(20(22)28)21-23-16-10-9-13(24-34(3,29)30)12-17(16)35(31,32)25-21/h5-10,12,24,26-27,31-32H,4,11H2,1-3H3,(H,23,25). The van der Waals surface area contributed by atoms with E-state index in [-0.39, 0.29) is 33.4 Å². The molecule has 13 heteroatoms. The van der Waals surface area contributed by atoms with E-state index < -0.39 is 32.1 Å². The molecular formula is C22H26N4O7S2. The van der Waals surface area contributed by atoms with Crippen molar-refractivity contribution in [2.75, 3.05) is 23.4 Å². The first-order valence-corrected chi connectivity index (χ1v) is 14.0. The van der Waals surface area contributed by atoms with Crippen molar-refractivity contribution < 1.29 is 32.3 Å². The smallest absolute Gasteiger partial charge is 0.229 e. The molecule has 1 aliphatic carbocycles. The lowest BCUT2D eigenvalue weighted by Gasteiger charge is -2.40. The van der Waals surface area contributed by atoms with Gasteiger partial charge < -0.3 is 15.3 Å². The molecule has 188 valence electrons. The van der Waals surface area contributed by atoms with Gasteiger partial charge in [0, 0.05) is 5.56 Å². The molecule has 0 saturated heterocycles. The van der Waals surface area contributed by atoms with Crippen molar-refractivity contribution in [1.29, 1.82) is 0 Å². The predicted octanol–water partition coefficient (Wildman–Crippen LogP) is 3.61. The Hall–Kier alpha value is -2.94. The molecule has 1 atom stereocenters. The van der Waals surface area contributed by atoms with E-state index in [1.54, 1.807) is 24.3 Å². The van der Waals surface area contributed by atoms with Crippen molar-refractivity contribution in [1.82, 2.24) is 5.48 Å². The molecule has 0 spiro atoms. The van der Waals surface area contributed by atoms with Crippen LogP contribution in [-0.4, -0.2) is 47.6 Å². The Bertz CT molecular complexity index is 1360. The number of ketones is 1. The number of amidine groups is 1. The molecule has 0 radical (unpaired) electrons. The normalized spacial score (nSPS) is 22.0. The van der Waals surface area contributed by atoms with Crippen molar-refractivity contribution in [3.8, 4) is 0 Å². The summed E-state index contributed by atoms with van der Waals surface area (Å²) in [6.07, 6.45) is 1.89. The summed E-state index contributed by atoms with van der Waals surface area (Å²) in [5, 5.41) is 14.0. The molecule has 4 rings (SSSR count). The number of rotatable bonds is 7. The molecule has 0 amide bonds. The van der Waals surface area contributed by atoms with Gasteiger partial charge in [-0.1, -0.05) is 48.4 Å². The number of Topliss-reactive ketones (excluding diaryl/α,β-unsaturated/α-hetero) is 1. The molecule has 0 saturated carbocycles. The molecule has 2 aromatic carbocycles. The van der Waals surface area contributed by atoms with Crippen LogP contribution in [0.4, 0.5) is 11.4 Å². The average molecular weight is 523 g/mol. The fourth-order valence-electron chi connectivity index (χ4n) is 4.37. The van der Waals surface area contributed by atoms with Crippen molar-refractivity contribution in [3.63, 3.8) is 0 Å². The Kier molecular flexibility index (Phi) is 6.42. The Morgan fingerprint density at radius 3 is 2.57 bits per heavy atom. The van der Waals surface area contributed by atoms with Gasteiger partial charge in [-0.2, -0.15) is 5.48 Å². The van der Waals surface area contributed by atoms with Gasteiger partial charge in [0.1, 0.15) is 21.8 Å². The maximum absolute atomic E-state index is 13.9. The lowest BCUT2D eigenvalue weighted by atomic mass is 9.72. The van der Waals surface area contributed by atoms with Gasteiger partial charge in [-0.05, 0) is 30.2 Å². The highest BCUT2D eigenvalue weighted by molar-refractivity contribution is 8.23. The maximum atomic E-state index is 13.9. The number of carbonyl (C=O) groups is 1. The zero-order chi connectivity index (χ0) is 25.6. The number of hydrogen-bond donors (Lipinski definition) is 6. The van der Waals surface area contributed by atoms with Crippen LogP contribution in [0.15, 0.2) is 57.3 Å². The van der Waals surface area contributed by atoms with Gasteiger partial charge in [0.05, 0.1) is 24.7 Å². The van der Waals surface area contributed by atoms with Gasteiger partial charge in [0.25, 0.3) is 0 Å². The summed E-state index contributed by atoms with van der Waals surface area (Å²) in [4.78, 5) is 19.1. The summed E-state index contributed by atoms with van der Waals surface area (Å²) >= 11 is 0. The number of hydrogen-bond acceptors (Lipinski definition) is 10. The third-order valence-electron chi connectivity index (χ3n) is 5.68. The van der Waals surface area contributed by atoms with Crippen LogP contribution >= 0.6 is 10.8 Å². The molecule has 11 nitrogen and oxygen atoms in total. The van der Waals surface area contributed by atoms with Gasteiger partial charge in [-0.25, -0.2) is 8.42 Å². The van der Waals surface area contributed by atoms with Crippen molar-refractivity contribution >= 4 is 49.6 Å². The number of sulfonamides is 1. The van der Waals surface area contributed by atoms with Crippen molar-refractivity contribution in [2.24, 2.45) is 4.40 Å². The lowest BCUT2D eigenvalue weighted by molar-refractivity contribution is -0.129. The van der Waals surface area contributed by atoms with Gasteiger partial charge in [0.2, 0.25) is 10.0 Å². The van der Waals surface area contributed by atoms with E-state index in [1.807, 2.05) is 6.92 Å². The zero-order valence-electron chi connectivity index (χ0n) is 19.2. The number of hydroxylamine groups is 1. The van der Waals surface area contributed by atoms with Crippen molar-refractivity contribution in [2.45, 2.75) is 30.2 Å². The fraction of sp³-hybridized carbons (Fsp3) is 0.273. The van der Waals surface area contributed by atoms with Crippen molar-refractivity contribution in [3.05, 3.63) is 59.2 Å². The van der Waals surface area contributed by atoms with Gasteiger partial charge in [-0.15, -0.1) is 4.40 Å². The second-order valence-corrected chi connectivity index (χ2v) is 11.6. The summed E-state index contributed by atoms with van der Waals surface area (Å²) in [6, 6.07) is 10.9. The van der Waals surface area contributed by atoms with E-state index in [4.69, 9.17) is 4.84 Å². The first-order chi connectivity index (χ1) is 16.4. The highest BCUT2D eigenvalue weighted by Gasteiger charge is 2.49. The van der Waals surface area contributed by atoms with Crippen LogP contribution < -0.4 is 15.5 Å². The van der Waals surface area contributed by atoms with E-state index in [2.05, 4.69) is 19.9 Å². The van der Waals surface area contributed by atoms with E-state index in [9.17, 15) is 27.4 Å². The van der Waals surface area contributed by atoms with Crippen LogP contribution in [0.2, 0.25) is 0 Å². The Morgan fingerprint density at radius 2 is 1.91 bits per heavy atom. The summed E-state index contributed by atoms with van der Waals surface area (Å²) in [6.45, 7) is 1.90. The number of carbonyl (C=O) groups excluding carboxylic acids is 1. The van der Waals surface area contributed by atoms with Crippen LogP contribution in [0, 0.1) is 0 Å².